The number of hydrogen-bond donors (Lipinski definition) is 2. The van der Waals surface area contributed by atoms with Crippen molar-refractivity contribution in [1.82, 2.24) is 30.3 Å². The highest BCUT2D eigenvalue weighted by Gasteiger charge is 2.10. The van der Waals surface area contributed by atoms with Gasteiger partial charge < -0.3 is 24.7 Å². The monoisotopic (exact) mass is 367 g/mol. The first-order valence-electron chi connectivity index (χ1n) is 9.45. The summed E-state index contributed by atoms with van der Waals surface area (Å²) in [6.07, 6.45) is 0.946. The van der Waals surface area contributed by atoms with Gasteiger partial charge in [0, 0.05) is 53.0 Å². The molecule has 1 aromatic heterocycles. The molecule has 1 saturated heterocycles. The van der Waals surface area contributed by atoms with Crippen molar-refractivity contribution >= 4 is 5.96 Å². The first kappa shape index (κ1) is 20.6. The molecule has 0 saturated carbocycles. The van der Waals surface area contributed by atoms with Gasteiger partial charge in [-0.15, -0.1) is 10.2 Å². The molecule has 0 atom stereocenters. The van der Waals surface area contributed by atoms with E-state index in [2.05, 4.69) is 30.7 Å². The molecule has 0 aromatic carbocycles. The SMILES string of the molecule is CCOCCCNC(=NCc1nnc(C)n1C)NCCN1CCOCC1. The quantitative estimate of drug-likeness (QED) is 0.340. The molecule has 1 fully saturated rings. The number of aromatic nitrogens is 3. The fourth-order valence-corrected chi connectivity index (χ4v) is 2.60. The van der Waals surface area contributed by atoms with Crippen molar-refractivity contribution in [1.29, 1.82) is 0 Å². The van der Waals surface area contributed by atoms with E-state index >= 15 is 0 Å². The van der Waals surface area contributed by atoms with Gasteiger partial charge in [-0.05, 0) is 20.3 Å². The van der Waals surface area contributed by atoms with Crippen LogP contribution in [-0.4, -0.2) is 84.8 Å². The van der Waals surface area contributed by atoms with Crippen molar-refractivity contribution in [2.24, 2.45) is 12.0 Å². The van der Waals surface area contributed by atoms with Crippen LogP contribution in [-0.2, 0) is 23.1 Å². The summed E-state index contributed by atoms with van der Waals surface area (Å²) in [6, 6.07) is 0. The number of ether oxygens (including phenoxy) is 2. The van der Waals surface area contributed by atoms with E-state index in [-0.39, 0.29) is 0 Å². The largest absolute Gasteiger partial charge is 0.382 e. The van der Waals surface area contributed by atoms with Gasteiger partial charge in [0.25, 0.3) is 0 Å². The van der Waals surface area contributed by atoms with Gasteiger partial charge in [-0.1, -0.05) is 0 Å². The summed E-state index contributed by atoms with van der Waals surface area (Å²) < 4.78 is 12.7. The summed E-state index contributed by atoms with van der Waals surface area (Å²) in [5.41, 5.74) is 0. The number of morpholine rings is 1. The maximum atomic E-state index is 5.39. The third-order valence-electron chi connectivity index (χ3n) is 4.35. The molecule has 2 rings (SSSR count). The molecule has 1 aliphatic heterocycles. The Kier molecular flexibility index (Phi) is 9.36. The van der Waals surface area contributed by atoms with E-state index < -0.39 is 0 Å². The molecular weight excluding hydrogens is 334 g/mol. The van der Waals surface area contributed by atoms with Gasteiger partial charge in [0.15, 0.2) is 11.8 Å². The van der Waals surface area contributed by atoms with Crippen molar-refractivity contribution in [3.05, 3.63) is 11.6 Å². The van der Waals surface area contributed by atoms with Crippen LogP contribution in [0.3, 0.4) is 0 Å². The third kappa shape index (κ3) is 7.27. The molecule has 0 bridgehead atoms. The van der Waals surface area contributed by atoms with Gasteiger partial charge in [-0.2, -0.15) is 0 Å². The Morgan fingerprint density at radius 3 is 2.69 bits per heavy atom. The highest BCUT2D eigenvalue weighted by Crippen LogP contribution is 1.99. The molecule has 0 spiro atoms. The maximum Gasteiger partial charge on any atom is 0.191 e. The zero-order chi connectivity index (χ0) is 18.6. The molecule has 9 heteroatoms. The molecule has 0 radical (unpaired) electrons. The Morgan fingerprint density at radius 1 is 1.23 bits per heavy atom. The summed E-state index contributed by atoms with van der Waals surface area (Å²) in [7, 11) is 1.96. The minimum Gasteiger partial charge on any atom is -0.382 e. The van der Waals surface area contributed by atoms with Gasteiger partial charge in [-0.3, -0.25) is 4.90 Å². The average Bonchev–Trinajstić information content (AvgIpc) is 2.98. The van der Waals surface area contributed by atoms with E-state index in [0.29, 0.717) is 6.54 Å². The Morgan fingerprint density at radius 2 is 2.00 bits per heavy atom. The Balaban J connectivity index is 1.81. The lowest BCUT2D eigenvalue weighted by Crippen LogP contribution is -2.44. The van der Waals surface area contributed by atoms with E-state index in [4.69, 9.17) is 9.47 Å². The predicted molar refractivity (Wildman–Crippen MR) is 101 cm³/mol. The fraction of sp³-hybridized carbons (Fsp3) is 0.824. The molecule has 0 amide bonds. The van der Waals surface area contributed by atoms with Crippen LogP contribution in [0, 0.1) is 6.92 Å². The van der Waals surface area contributed by atoms with E-state index in [1.807, 2.05) is 25.5 Å². The highest BCUT2D eigenvalue weighted by atomic mass is 16.5. The van der Waals surface area contributed by atoms with E-state index in [9.17, 15) is 0 Å². The molecule has 1 aromatic rings. The normalized spacial score (nSPS) is 16.0. The maximum absolute atomic E-state index is 5.39. The first-order chi connectivity index (χ1) is 12.7. The predicted octanol–water partition coefficient (Wildman–Crippen LogP) is -0.0825. The van der Waals surface area contributed by atoms with E-state index in [1.54, 1.807) is 0 Å². The van der Waals surface area contributed by atoms with Crippen LogP contribution in [0.25, 0.3) is 0 Å². The smallest absolute Gasteiger partial charge is 0.191 e. The number of rotatable bonds is 10. The Labute approximate surface area is 156 Å². The second-order valence-electron chi connectivity index (χ2n) is 6.25. The van der Waals surface area contributed by atoms with Crippen molar-refractivity contribution in [2.75, 3.05) is 59.2 Å². The van der Waals surface area contributed by atoms with Gasteiger partial charge in [-0.25, -0.2) is 4.99 Å². The van der Waals surface area contributed by atoms with E-state index in [1.165, 1.54) is 0 Å². The molecular formula is C17H33N7O2. The lowest BCUT2D eigenvalue weighted by Gasteiger charge is -2.26. The van der Waals surface area contributed by atoms with Crippen LogP contribution in [0.2, 0.25) is 0 Å². The minimum atomic E-state index is 0.496. The van der Waals surface area contributed by atoms with Crippen molar-refractivity contribution in [2.45, 2.75) is 26.8 Å². The van der Waals surface area contributed by atoms with Crippen LogP contribution < -0.4 is 10.6 Å². The number of hydrogen-bond acceptors (Lipinski definition) is 6. The van der Waals surface area contributed by atoms with Gasteiger partial charge in [0.2, 0.25) is 0 Å². The lowest BCUT2D eigenvalue weighted by atomic mass is 10.4. The summed E-state index contributed by atoms with van der Waals surface area (Å²) in [4.78, 5) is 7.05. The molecule has 9 nitrogen and oxygen atoms in total. The minimum absolute atomic E-state index is 0.496. The van der Waals surface area contributed by atoms with Crippen LogP contribution in [0.1, 0.15) is 25.0 Å². The van der Waals surface area contributed by atoms with Gasteiger partial charge in [0.1, 0.15) is 12.4 Å². The average molecular weight is 367 g/mol. The van der Waals surface area contributed by atoms with E-state index in [0.717, 1.165) is 83.2 Å². The molecule has 2 N–H and O–H groups in total. The lowest BCUT2D eigenvalue weighted by molar-refractivity contribution is 0.0389. The van der Waals surface area contributed by atoms with Gasteiger partial charge in [0.05, 0.1) is 13.2 Å². The topological polar surface area (TPSA) is 88.8 Å². The molecule has 0 unspecified atom stereocenters. The number of nitrogens with one attached hydrogen (secondary N) is 2. The number of aliphatic imine (C=N–C) groups is 1. The number of aryl methyl sites for hydroxylation is 1. The summed E-state index contributed by atoms with van der Waals surface area (Å²) in [6.45, 7) is 12.2. The number of nitrogens with zero attached hydrogens (tertiary/aromatic N) is 5. The molecule has 0 aliphatic carbocycles. The molecule has 26 heavy (non-hydrogen) atoms. The highest BCUT2D eigenvalue weighted by molar-refractivity contribution is 5.79. The first-order valence-corrected chi connectivity index (χ1v) is 9.45. The second kappa shape index (κ2) is 11.8. The molecule has 1 aliphatic rings. The fourth-order valence-electron chi connectivity index (χ4n) is 2.60. The number of guanidine groups is 1. The Bertz CT molecular complexity index is 541. The van der Waals surface area contributed by atoms with Crippen molar-refractivity contribution < 1.29 is 9.47 Å². The summed E-state index contributed by atoms with van der Waals surface area (Å²) in [5, 5.41) is 15.0. The molecule has 2 heterocycles. The zero-order valence-electron chi connectivity index (χ0n) is 16.3. The standard InChI is InChI=1S/C17H33N7O2/c1-4-25-11-5-6-18-17(19-7-8-24-9-12-26-13-10-24)20-14-16-22-21-15(2)23(16)3/h4-14H2,1-3H3,(H2,18,19,20). The second-order valence-corrected chi connectivity index (χ2v) is 6.25. The van der Waals surface area contributed by atoms with Crippen LogP contribution in [0.5, 0.6) is 0 Å². The third-order valence-corrected chi connectivity index (χ3v) is 4.35. The zero-order valence-corrected chi connectivity index (χ0v) is 16.3. The summed E-state index contributed by atoms with van der Waals surface area (Å²) in [5.74, 6) is 2.54. The summed E-state index contributed by atoms with van der Waals surface area (Å²) >= 11 is 0. The Hall–Kier alpha value is -1.71. The van der Waals surface area contributed by atoms with Crippen LogP contribution in [0.15, 0.2) is 4.99 Å². The van der Waals surface area contributed by atoms with Crippen molar-refractivity contribution in [3.63, 3.8) is 0 Å². The van der Waals surface area contributed by atoms with Crippen LogP contribution >= 0.6 is 0 Å². The van der Waals surface area contributed by atoms with Crippen molar-refractivity contribution in [3.8, 4) is 0 Å². The van der Waals surface area contributed by atoms with Gasteiger partial charge >= 0.3 is 0 Å². The molecule has 148 valence electrons. The van der Waals surface area contributed by atoms with Crippen LogP contribution in [0.4, 0.5) is 0 Å².